The smallest absolute Gasteiger partial charge is 0.325 e. The number of amides is 1. The zero-order chi connectivity index (χ0) is 15.4. The van der Waals surface area contributed by atoms with E-state index >= 15 is 0 Å². The Balaban J connectivity index is 2.26. The molecule has 0 aromatic heterocycles. The third-order valence-corrected chi connectivity index (χ3v) is 3.71. The Morgan fingerprint density at radius 2 is 1.95 bits per heavy atom. The second kappa shape index (κ2) is 6.65. The molecule has 2 rings (SSSR count). The monoisotopic (exact) mass is 297 g/mol. The normalized spacial score (nSPS) is 15.0. The van der Waals surface area contributed by atoms with Crippen LogP contribution in [-0.2, 0) is 9.53 Å². The molecule has 0 spiro atoms. The summed E-state index contributed by atoms with van der Waals surface area (Å²) in [5, 5.41) is 0. The van der Waals surface area contributed by atoms with Gasteiger partial charge in [0.05, 0.1) is 12.7 Å². The average molecular weight is 297 g/mol. The summed E-state index contributed by atoms with van der Waals surface area (Å²) in [6, 6.07) is 2.69. The predicted octanol–water partition coefficient (Wildman–Crippen LogP) is 2.52. The fraction of sp³-hybridized carbons (Fsp3) is 0.467. The van der Waals surface area contributed by atoms with Gasteiger partial charge in [-0.3, -0.25) is 9.59 Å². The number of esters is 1. The van der Waals surface area contributed by atoms with Crippen molar-refractivity contribution in [3.8, 4) is 0 Å². The molecule has 0 saturated heterocycles. The Bertz CT molecular complexity index is 542. The molecule has 0 unspecified atom stereocenters. The lowest BCUT2D eigenvalue weighted by molar-refractivity contribution is -0.141. The van der Waals surface area contributed by atoms with E-state index in [4.69, 9.17) is 0 Å². The van der Waals surface area contributed by atoms with E-state index in [9.17, 15) is 18.4 Å². The molecule has 6 heteroatoms. The topological polar surface area (TPSA) is 46.6 Å². The van der Waals surface area contributed by atoms with Crippen molar-refractivity contribution in [2.45, 2.75) is 31.7 Å². The summed E-state index contributed by atoms with van der Waals surface area (Å²) in [4.78, 5) is 25.3. The number of rotatable bonds is 4. The molecule has 1 aliphatic carbocycles. The minimum Gasteiger partial charge on any atom is -0.468 e. The second-order valence-corrected chi connectivity index (χ2v) is 5.07. The first-order valence-electron chi connectivity index (χ1n) is 6.85. The molecule has 4 nitrogen and oxygen atoms in total. The summed E-state index contributed by atoms with van der Waals surface area (Å²) in [6.45, 7) is -0.225. The maximum absolute atomic E-state index is 13.8. The number of carbonyl (C=O) groups excluding carboxylic acids is 2. The molecular formula is C15H17F2NO3. The van der Waals surface area contributed by atoms with E-state index in [-0.39, 0.29) is 18.2 Å². The molecule has 0 N–H and O–H groups in total. The molecule has 114 valence electrons. The quantitative estimate of drug-likeness (QED) is 0.802. The van der Waals surface area contributed by atoms with Crippen LogP contribution in [-0.4, -0.2) is 36.5 Å². The van der Waals surface area contributed by atoms with Crippen molar-refractivity contribution in [1.82, 2.24) is 4.90 Å². The van der Waals surface area contributed by atoms with Gasteiger partial charge in [-0.05, 0) is 25.0 Å². The van der Waals surface area contributed by atoms with Crippen LogP contribution < -0.4 is 0 Å². The van der Waals surface area contributed by atoms with Crippen molar-refractivity contribution in [3.05, 3.63) is 35.4 Å². The maximum Gasteiger partial charge on any atom is 0.325 e. The van der Waals surface area contributed by atoms with Gasteiger partial charge in [0.1, 0.15) is 18.2 Å². The van der Waals surface area contributed by atoms with Crippen molar-refractivity contribution >= 4 is 11.9 Å². The van der Waals surface area contributed by atoms with E-state index in [2.05, 4.69) is 4.74 Å². The molecule has 0 heterocycles. The molecule has 0 bridgehead atoms. The summed E-state index contributed by atoms with van der Waals surface area (Å²) in [7, 11) is 1.23. The van der Waals surface area contributed by atoms with Gasteiger partial charge in [0.2, 0.25) is 0 Å². The number of nitrogens with zero attached hydrogens (tertiary/aromatic N) is 1. The lowest BCUT2D eigenvalue weighted by Gasteiger charge is -2.28. The van der Waals surface area contributed by atoms with Crippen LogP contribution in [0.4, 0.5) is 8.78 Å². The zero-order valence-corrected chi connectivity index (χ0v) is 11.8. The van der Waals surface area contributed by atoms with E-state index < -0.39 is 23.5 Å². The van der Waals surface area contributed by atoms with Crippen LogP contribution in [0, 0.1) is 11.6 Å². The summed E-state index contributed by atoms with van der Waals surface area (Å²) >= 11 is 0. The van der Waals surface area contributed by atoms with Crippen LogP contribution >= 0.6 is 0 Å². The molecule has 1 amide bonds. The Hall–Kier alpha value is -1.98. The van der Waals surface area contributed by atoms with Gasteiger partial charge in [-0.2, -0.15) is 0 Å². The maximum atomic E-state index is 13.8. The van der Waals surface area contributed by atoms with Gasteiger partial charge in [-0.1, -0.05) is 12.8 Å². The zero-order valence-electron chi connectivity index (χ0n) is 11.8. The van der Waals surface area contributed by atoms with Gasteiger partial charge in [0.15, 0.2) is 0 Å². The van der Waals surface area contributed by atoms with Crippen LogP contribution in [0.15, 0.2) is 18.2 Å². The second-order valence-electron chi connectivity index (χ2n) is 5.07. The number of hydrogen-bond acceptors (Lipinski definition) is 3. The number of hydrogen-bond donors (Lipinski definition) is 0. The first kappa shape index (κ1) is 15.4. The highest BCUT2D eigenvalue weighted by atomic mass is 19.1. The van der Waals surface area contributed by atoms with Crippen molar-refractivity contribution in [2.75, 3.05) is 13.7 Å². The largest absolute Gasteiger partial charge is 0.468 e. The van der Waals surface area contributed by atoms with Gasteiger partial charge >= 0.3 is 5.97 Å². The van der Waals surface area contributed by atoms with Gasteiger partial charge in [0.25, 0.3) is 5.91 Å². The standard InChI is InChI=1S/C15H17F2NO3/c1-21-14(19)9-18(11-4-2-3-5-11)15(20)12-7-6-10(16)8-13(12)17/h6-8,11H,2-5,9H2,1H3. The Labute approximate surface area is 121 Å². The lowest BCUT2D eigenvalue weighted by Crippen LogP contribution is -2.43. The van der Waals surface area contributed by atoms with E-state index in [1.165, 1.54) is 12.0 Å². The first-order chi connectivity index (χ1) is 10.0. The van der Waals surface area contributed by atoms with Gasteiger partial charge in [-0.15, -0.1) is 0 Å². The van der Waals surface area contributed by atoms with Crippen molar-refractivity contribution < 1.29 is 23.1 Å². The Morgan fingerprint density at radius 3 is 2.52 bits per heavy atom. The van der Waals surface area contributed by atoms with Crippen LogP contribution in [0.2, 0.25) is 0 Å². The molecule has 1 aliphatic rings. The highest BCUT2D eigenvalue weighted by Crippen LogP contribution is 2.25. The van der Waals surface area contributed by atoms with Gasteiger partial charge < -0.3 is 9.64 Å². The van der Waals surface area contributed by atoms with E-state index in [1.807, 2.05) is 0 Å². The van der Waals surface area contributed by atoms with Gasteiger partial charge in [0, 0.05) is 12.1 Å². The highest BCUT2D eigenvalue weighted by molar-refractivity contribution is 5.96. The SMILES string of the molecule is COC(=O)CN(C(=O)c1ccc(F)cc1F)C1CCCC1. The Kier molecular flexibility index (Phi) is 4.88. The number of carbonyl (C=O) groups is 2. The molecular weight excluding hydrogens is 280 g/mol. The van der Waals surface area contributed by atoms with Crippen molar-refractivity contribution in [1.29, 1.82) is 0 Å². The van der Waals surface area contributed by atoms with Crippen LogP contribution in [0.1, 0.15) is 36.0 Å². The molecule has 1 fully saturated rings. The van der Waals surface area contributed by atoms with Crippen molar-refractivity contribution in [2.24, 2.45) is 0 Å². The fourth-order valence-electron chi connectivity index (χ4n) is 2.60. The van der Waals surface area contributed by atoms with E-state index in [0.29, 0.717) is 6.07 Å². The van der Waals surface area contributed by atoms with Crippen molar-refractivity contribution in [3.63, 3.8) is 0 Å². The van der Waals surface area contributed by atoms with E-state index in [1.54, 1.807) is 0 Å². The number of methoxy groups -OCH3 is 1. The lowest BCUT2D eigenvalue weighted by atomic mass is 10.1. The van der Waals surface area contributed by atoms with E-state index in [0.717, 1.165) is 37.8 Å². The van der Waals surface area contributed by atoms with Crippen LogP contribution in [0.25, 0.3) is 0 Å². The van der Waals surface area contributed by atoms with Crippen LogP contribution in [0.5, 0.6) is 0 Å². The third-order valence-electron chi connectivity index (χ3n) is 3.71. The number of ether oxygens (including phenoxy) is 1. The number of benzene rings is 1. The average Bonchev–Trinajstić information content (AvgIpc) is 2.97. The predicted molar refractivity (Wildman–Crippen MR) is 71.7 cm³/mol. The summed E-state index contributed by atoms with van der Waals surface area (Å²) in [5.74, 6) is -2.83. The van der Waals surface area contributed by atoms with Gasteiger partial charge in [-0.25, -0.2) is 8.78 Å². The highest BCUT2D eigenvalue weighted by Gasteiger charge is 2.30. The fourth-order valence-corrected chi connectivity index (χ4v) is 2.60. The van der Waals surface area contributed by atoms with Crippen LogP contribution in [0.3, 0.4) is 0 Å². The minimum atomic E-state index is -0.923. The first-order valence-corrected chi connectivity index (χ1v) is 6.85. The molecule has 1 saturated carbocycles. The summed E-state index contributed by atoms with van der Waals surface area (Å²) < 4.78 is 31.3. The molecule has 1 aromatic carbocycles. The summed E-state index contributed by atoms with van der Waals surface area (Å²) in [5.41, 5.74) is -0.229. The molecule has 21 heavy (non-hydrogen) atoms. The molecule has 0 radical (unpaired) electrons. The number of halogens is 2. The minimum absolute atomic E-state index is 0.110. The molecule has 0 atom stereocenters. The molecule has 1 aromatic rings. The summed E-state index contributed by atoms with van der Waals surface area (Å²) in [6.07, 6.45) is 3.46. The third kappa shape index (κ3) is 3.56. The molecule has 0 aliphatic heterocycles. The Morgan fingerprint density at radius 1 is 1.29 bits per heavy atom.